The molecule has 0 aliphatic carbocycles. The van der Waals surface area contributed by atoms with Crippen molar-refractivity contribution in [3.63, 3.8) is 0 Å². The summed E-state index contributed by atoms with van der Waals surface area (Å²) in [6.07, 6.45) is 1.80. The van der Waals surface area contributed by atoms with Gasteiger partial charge >= 0.3 is 0 Å². The van der Waals surface area contributed by atoms with E-state index in [1.807, 2.05) is 42.5 Å². The van der Waals surface area contributed by atoms with Gasteiger partial charge in [-0.15, -0.1) is 0 Å². The zero-order valence-electron chi connectivity index (χ0n) is 11.5. The molecule has 0 atom stereocenters. The molecule has 3 nitrogen and oxygen atoms in total. The van der Waals surface area contributed by atoms with Crippen LogP contribution in [-0.2, 0) is 6.54 Å². The van der Waals surface area contributed by atoms with Crippen molar-refractivity contribution in [3.05, 3.63) is 54.4 Å². The topological polar surface area (TPSA) is 34.1 Å². The van der Waals surface area contributed by atoms with Crippen LogP contribution in [-0.4, -0.2) is 11.6 Å². The normalized spacial score (nSPS) is 10.5. The van der Waals surface area contributed by atoms with Gasteiger partial charge in [0, 0.05) is 6.20 Å². The van der Waals surface area contributed by atoms with E-state index in [1.54, 1.807) is 6.20 Å². The van der Waals surface area contributed by atoms with Gasteiger partial charge < -0.3 is 10.1 Å². The molecule has 0 amide bonds. The quantitative estimate of drug-likeness (QED) is 0.855. The Hall–Kier alpha value is -2.03. The van der Waals surface area contributed by atoms with E-state index in [0.717, 1.165) is 23.7 Å². The predicted molar refractivity (Wildman–Crippen MR) is 78.3 cm³/mol. The summed E-state index contributed by atoms with van der Waals surface area (Å²) >= 11 is 0. The van der Waals surface area contributed by atoms with Gasteiger partial charge in [0.15, 0.2) is 0 Å². The van der Waals surface area contributed by atoms with Gasteiger partial charge in [-0.1, -0.05) is 32.0 Å². The van der Waals surface area contributed by atoms with Gasteiger partial charge in [0.05, 0.1) is 24.5 Å². The SMILES string of the molecule is CC(C)COc1ccccc1NCc1ccccn1. The van der Waals surface area contributed by atoms with E-state index in [-0.39, 0.29) is 0 Å². The predicted octanol–water partition coefficient (Wildman–Crippen LogP) is 3.73. The van der Waals surface area contributed by atoms with E-state index in [0.29, 0.717) is 12.5 Å². The Morgan fingerprint density at radius 1 is 1.11 bits per heavy atom. The Labute approximate surface area is 114 Å². The Kier molecular flexibility index (Phi) is 4.78. The molecule has 0 aliphatic rings. The highest BCUT2D eigenvalue weighted by molar-refractivity contribution is 5.56. The average molecular weight is 256 g/mol. The van der Waals surface area contributed by atoms with Crippen LogP contribution >= 0.6 is 0 Å². The molecular formula is C16H20N2O. The van der Waals surface area contributed by atoms with Crippen molar-refractivity contribution >= 4 is 5.69 Å². The van der Waals surface area contributed by atoms with Gasteiger partial charge in [-0.05, 0) is 30.2 Å². The molecule has 0 aliphatic heterocycles. The molecule has 0 saturated heterocycles. The number of pyridine rings is 1. The van der Waals surface area contributed by atoms with Crippen molar-refractivity contribution in [3.8, 4) is 5.75 Å². The summed E-state index contributed by atoms with van der Waals surface area (Å²) in [7, 11) is 0. The second-order valence-electron chi connectivity index (χ2n) is 4.88. The van der Waals surface area contributed by atoms with Crippen LogP contribution in [0.1, 0.15) is 19.5 Å². The molecular weight excluding hydrogens is 236 g/mol. The lowest BCUT2D eigenvalue weighted by atomic mass is 10.2. The fraction of sp³-hybridized carbons (Fsp3) is 0.312. The number of para-hydroxylation sites is 2. The first-order valence-electron chi connectivity index (χ1n) is 6.61. The van der Waals surface area contributed by atoms with E-state index in [9.17, 15) is 0 Å². The van der Waals surface area contributed by atoms with Crippen molar-refractivity contribution in [2.24, 2.45) is 5.92 Å². The fourth-order valence-corrected chi connectivity index (χ4v) is 1.68. The molecule has 1 aromatic heterocycles. The molecule has 1 heterocycles. The second-order valence-corrected chi connectivity index (χ2v) is 4.88. The highest BCUT2D eigenvalue weighted by atomic mass is 16.5. The third-order valence-electron chi connectivity index (χ3n) is 2.65. The maximum atomic E-state index is 5.80. The number of anilines is 1. The molecule has 0 bridgehead atoms. The van der Waals surface area contributed by atoms with Crippen LogP contribution in [0.15, 0.2) is 48.7 Å². The lowest BCUT2D eigenvalue weighted by Crippen LogP contribution is -2.07. The van der Waals surface area contributed by atoms with Crippen LogP contribution < -0.4 is 10.1 Å². The number of nitrogens with zero attached hydrogens (tertiary/aromatic N) is 1. The molecule has 0 radical (unpaired) electrons. The summed E-state index contributed by atoms with van der Waals surface area (Å²) in [5, 5.41) is 3.37. The Morgan fingerprint density at radius 3 is 2.63 bits per heavy atom. The van der Waals surface area contributed by atoms with E-state index >= 15 is 0 Å². The van der Waals surface area contributed by atoms with E-state index in [2.05, 4.69) is 24.1 Å². The Balaban J connectivity index is 1.99. The van der Waals surface area contributed by atoms with E-state index in [1.165, 1.54) is 0 Å². The van der Waals surface area contributed by atoms with Gasteiger partial charge in [0.2, 0.25) is 0 Å². The van der Waals surface area contributed by atoms with Gasteiger partial charge in [0.1, 0.15) is 5.75 Å². The molecule has 1 aromatic carbocycles. The van der Waals surface area contributed by atoms with E-state index < -0.39 is 0 Å². The van der Waals surface area contributed by atoms with Gasteiger partial charge in [-0.2, -0.15) is 0 Å². The van der Waals surface area contributed by atoms with Gasteiger partial charge in [-0.3, -0.25) is 4.98 Å². The van der Waals surface area contributed by atoms with Gasteiger partial charge in [-0.25, -0.2) is 0 Å². The number of hydrogen-bond donors (Lipinski definition) is 1. The average Bonchev–Trinajstić information content (AvgIpc) is 2.45. The zero-order valence-corrected chi connectivity index (χ0v) is 11.5. The van der Waals surface area contributed by atoms with Crippen LogP contribution in [0.25, 0.3) is 0 Å². The summed E-state index contributed by atoms with van der Waals surface area (Å²) in [6.45, 7) is 5.71. The first-order valence-corrected chi connectivity index (χ1v) is 6.61. The molecule has 0 unspecified atom stereocenters. The number of ether oxygens (including phenoxy) is 1. The minimum Gasteiger partial charge on any atom is -0.491 e. The van der Waals surface area contributed by atoms with Crippen molar-refractivity contribution in [2.75, 3.05) is 11.9 Å². The number of nitrogens with one attached hydrogen (secondary N) is 1. The first-order chi connectivity index (χ1) is 9.25. The minimum atomic E-state index is 0.517. The summed E-state index contributed by atoms with van der Waals surface area (Å²) < 4.78 is 5.80. The fourth-order valence-electron chi connectivity index (χ4n) is 1.68. The molecule has 2 rings (SSSR count). The van der Waals surface area contributed by atoms with Crippen molar-refractivity contribution in [2.45, 2.75) is 20.4 Å². The third-order valence-corrected chi connectivity index (χ3v) is 2.65. The molecule has 1 N–H and O–H groups in total. The van der Waals surface area contributed by atoms with Crippen LogP contribution in [0.3, 0.4) is 0 Å². The number of benzene rings is 1. The Morgan fingerprint density at radius 2 is 1.89 bits per heavy atom. The molecule has 2 aromatic rings. The third kappa shape index (κ3) is 4.28. The van der Waals surface area contributed by atoms with Crippen molar-refractivity contribution in [1.29, 1.82) is 0 Å². The van der Waals surface area contributed by atoms with Gasteiger partial charge in [0.25, 0.3) is 0 Å². The zero-order chi connectivity index (χ0) is 13.5. The number of aromatic nitrogens is 1. The molecule has 100 valence electrons. The number of hydrogen-bond acceptors (Lipinski definition) is 3. The highest BCUT2D eigenvalue weighted by Gasteiger charge is 2.04. The Bertz CT molecular complexity index is 497. The van der Waals surface area contributed by atoms with Crippen molar-refractivity contribution < 1.29 is 4.74 Å². The first kappa shape index (κ1) is 13.4. The molecule has 0 saturated carbocycles. The largest absolute Gasteiger partial charge is 0.491 e. The standard InChI is InChI=1S/C16H20N2O/c1-13(2)12-19-16-9-4-3-8-15(16)18-11-14-7-5-6-10-17-14/h3-10,13,18H,11-12H2,1-2H3. The maximum absolute atomic E-state index is 5.80. The molecule has 19 heavy (non-hydrogen) atoms. The second kappa shape index (κ2) is 6.78. The monoisotopic (exact) mass is 256 g/mol. The molecule has 0 fully saturated rings. The van der Waals surface area contributed by atoms with Crippen LogP contribution in [0.5, 0.6) is 5.75 Å². The van der Waals surface area contributed by atoms with Crippen LogP contribution in [0.4, 0.5) is 5.69 Å². The summed E-state index contributed by atoms with van der Waals surface area (Å²) in [4.78, 5) is 4.29. The summed E-state index contributed by atoms with van der Waals surface area (Å²) in [6, 6.07) is 13.9. The lowest BCUT2D eigenvalue weighted by molar-refractivity contribution is 0.272. The highest BCUT2D eigenvalue weighted by Crippen LogP contribution is 2.24. The lowest BCUT2D eigenvalue weighted by Gasteiger charge is -2.14. The van der Waals surface area contributed by atoms with Crippen LogP contribution in [0, 0.1) is 5.92 Å². The summed E-state index contributed by atoms with van der Waals surface area (Å²) in [5.41, 5.74) is 2.02. The summed E-state index contributed by atoms with van der Waals surface area (Å²) in [5.74, 6) is 1.41. The number of rotatable bonds is 6. The van der Waals surface area contributed by atoms with Crippen LogP contribution in [0.2, 0.25) is 0 Å². The van der Waals surface area contributed by atoms with E-state index in [4.69, 9.17) is 4.74 Å². The molecule has 3 heteroatoms. The maximum Gasteiger partial charge on any atom is 0.142 e. The minimum absolute atomic E-state index is 0.517. The van der Waals surface area contributed by atoms with Crippen molar-refractivity contribution in [1.82, 2.24) is 4.98 Å². The smallest absolute Gasteiger partial charge is 0.142 e. The molecule has 0 spiro atoms.